The summed E-state index contributed by atoms with van der Waals surface area (Å²) in [6.07, 6.45) is -0.538. The average Bonchev–Trinajstić information content (AvgIpc) is 3.11. The van der Waals surface area contributed by atoms with Gasteiger partial charge in [0.1, 0.15) is 5.82 Å². The topological polar surface area (TPSA) is 79.8 Å². The van der Waals surface area contributed by atoms with Gasteiger partial charge in [0.25, 0.3) is 11.8 Å². The number of amides is 2. The molecular weight excluding hydrogens is 361 g/mol. The Bertz CT molecular complexity index is 917. The second kappa shape index (κ2) is 7.80. The highest BCUT2D eigenvalue weighted by Gasteiger charge is 2.29. The van der Waals surface area contributed by atoms with Crippen molar-refractivity contribution in [2.45, 2.75) is 38.8 Å². The molecule has 2 amide bonds. The lowest BCUT2D eigenvalue weighted by molar-refractivity contribution is -0.125. The Morgan fingerprint density at radius 2 is 1.86 bits per heavy atom. The minimum atomic E-state index is -0.790. The van der Waals surface area contributed by atoms with E-state index < -0.39 is 6.10 Å². The Hall–Kier alpha value is -3.22. The molecule has 1 aliphatic rings. The van der Waals surface area contributed by atoms with E-state index in [0.717, 1.165) is 0 Å². The van der Waals surface area contributed by atoms with Crippen LogP contribution in [0.3, 0.4) is 0 Å². The molecule has 2 aromatic rings. The molecule has 7 heteroatoms. The molecular formula is C21H22FN3O3. The number of nitrogens with one attached hydrogen (secondary N) is 2. The van der Waals surface area contributed by atoms with E-state index in [1.54, 1.807) is 36.4 Å². The van der Waals surface area contributed by atoms with Gasteiger partial charge in [-0.1, -0.05) is 17.3 Å². The summed E-state index contributed by atoms with van der Waals surface area (Å²) >= 11 is 0. The van der Waals surface area contributed by atoms with Gasteiger partial charge in [-0.15, -0.1) is 0 Å². The lowest BCUT2D eigenvalue weighted by Crippen LogP contribution is -2.40. The molecule has 1 aliphatic heterocycles. The highest BCUT2D eigenvalue weighted by Crippen LogP contribution is 2.19. The van der Waals surface area contributed by atoms with Gasteiger partial charge < -0.3 is 15.5 Å². The van der Waals surface area contributed by atoms with Crippen molar-refractivity contribution in [1.82, 2.24) is 5.32 Å². The van der Waals surface area contributed by atoms with Crippen LogP contribution >= 0.6 is 0 Å². The van der Waals surface area contributed by atoms with Crippen molar-refractivity contribution in [2.75, 3.05) is 5.32 Å². The van der Waals surface area contributed by atoms with E-state index in [1.807, 2.05) is 20.8 Å². The molecule has 1 heterocycles. The van der Waals surface area contributed by atoms with Crippen molar-refractivity contribution < 1.29 is 18.8 Å². The maximum atomic E-state index is 13.3. The number of oxime groups is 1. The maximum absolute atomic E-state index is 13.3. The van der Waals surface area contributed by atoms with Crippen LogP contribution in [-0.4, -0.2) is 29.2 Å². The molecule has 0 saturated carbocycles. The van der Waals surface area contributed by atoms with E-state index in [9.17, 15) is 14.0 Å². The molecule has 0 spiro atoms. The normalized spacial score (nSPS) is 16.1. The van der Waals surface area contributed by atoms with Gasteiger partial charge in [0.05, 0.1) is 5.71 Å². The third-order valence-corrected chi connectivity index (χ3v) is 4.02. The van der Waals surface area contributed by atoms with E-state index in [4.69, 9.17) is 4.84 Å². The highest BCUT2D eigenvalue weighted by atomic mass is 19.1. The van der Waals surface area contributed by atoms with Crippen LogP contribution < -0.4 is 10.6 Å². The molecule has 146 valence electrons. The summed E-state index contributed by atoms with van der Waals surface area (Å²) in [6, 6.07) is 12.6. The second-order valence-corrected chi connectivity index (χ2v) is 7.62. The van der Waals surface area contributed by atoms with E-state index in [1.165, 1.54) is 12.1 Å². The first-order chi connectivity index (χ1) is 13.2. The van der Waals surface area contributed by atoms with Crippen LogP contribution in [0.25, 0.3) is 0 Å². The van der Waals surface area contributed by atoms with Crippen molar-refractivity contribution in [3.8, 4) is 0 Å². The van der Waals surface area contributed by atoms with Gasteiger partial charge in [-0.25, -0.2) is 4.39 Å². The van der Waals surface area contributed by atoms with Gasteiger partial charge in [0.15, 0.2) is 0 Å². The minimum absolute atomic E-state index is 0.183. The fourth-order valence-electron chi connectivity index (χ4n) is 2.70. The summed E-state index contributed by atoms with van der Waals surface area (Å²) in [4.78, 5) is 29.7. The Kier molecular flexibility index (Phi) is 5.44. The summed E-state index contributed by atoms with van der Waals surface area (Å²) < 4.78 is 13.3. The predicted octanol–water partition coefficient (Wildman–Crippen LogP) is 3.49. The monoisotopic (exact) mass is 383 g/mol. The zero-order valence-electron chi connectivity index (χ0n) is 16.0. The summed E-state index contributed by atoms with van der Waals surface area (Å²) in [5.74, 6) is -0.914. The fourth-order valence-corrected chi connectivity index (χ4v) is 2.70. The number of carbonyl (C=O) groups is 2. The fraction of sp³-hybridized carbons (Fsp3) is 0.286. The molecule has 3 rings (SSSR count). The molecule has 0 aromatic heterocycles. The van der Waals surface area contributed by atoms with Gasteiger partial charge >= 0.3 is 0 Å². The third-order valence-electron chi connectivity index (χ3n) is 4.02. The molecule has 1 atom stereocenters. The lowest BCUT2D eigenvalue weighted by Gasteiger charge is -2.20. The molecule has 6 nitrogen and oxygen atoms in total. The van der Waals surface area contributed by atoms with Crippen LogP contribution in [0.2, 0.25) is 0 Å². The Labute approximate surface area is 162 Å². The number of anilines is 1. The first-order valence-corrected chi connectivity index (χ1v) is 8.93. The van der Waals surface area contributed by atoms with Gasteiger partial charge in [-0.2, -0.15) is 0 Å². The molecule has 2 N–H and O–H groups in total. The number of halogens is 1. The molecule has 0 bridgehead atoms. The quantitative estimate of drug-likeness (QED) is 0.848. The third kappa shape index (κ3) is 4.94. The van der Waals surface area contributed by atoms with Gasteiger partial charge in [0, 0.05) is 28.8 Å². The zero-order chi connectivity index (χ0) is 20.3. The van der Waals surface area contributed by atoms with Crippen LogP contribution in [-0.2, 0) is 9.63 Å². The summed E-state index contributed by atoms with van der Waals surface area (Å²) in [5.41, 5.74) is 1.82. The molecule has 0 aliphatic carbocycles. The maximum Gasteiger partial charge on any atom is 0.268 e. The summed E-state index contributed by atoms with van der Waals surface area (Å²) in [7, 11) is 0. The molecule has 0 saturated heterocycles. The SMILES string of the molecule is CC(C)(C)NC(=O)c1ccc(NC(=O)C2CC(c3cccc(F)c3)=NO2)cc1. The van der Waals surface area contributed by atoms with Crippen LogP contribution in [0.1, 0.15) is 43.1 Å². The van der Waals surface area contributed by atoms with E-state index in [0.29, 0.717) is 22.5 Å². The summed E-state index contributed by atoms with van der Waals surface area (Å²) in [6.45, 7) is 5.71. The lowest BCUT2D eigenvalue weighted by atomic mass is 10.0. The Morgan fingerprint density at radius 1 is 1.14 bits per heavy atom. The van der Waals surface area contributed by atoms with E-state index >= 15 is 0 Å². The summed E-state index contributed by atoms with van der Waals surface area (Å²) in [5, 5.41) is 9.51. The Balaban J connectivity index is 1.58. The molecule has 0 radical (unpaired) electrons. The molecule has 28 heavy (non-hydrogen) atoms. The van der Waals surface area contributed by atoms with Gasteiger partial charge in [0.2, 0.25) is 6.10 Å². The average molecular weight is 383 g/mol. The van der Waals surface area contributed by atoms with Gasteiger partial charge in [-0.05, 0) is 57.2 Å². The highest BCUT2D eigenvalue weighted by molar-refractivity contribution is 6.06. The van der Waals surface area contributed by atoms with Crippen molar-refractivity contribution in [3.63, 3.8) is 0 Å². The largest absolute Gasteiger partial charge is 0.382 e. The van der Waals surface area contributed by atoms with Crippen LogP contribution in [0.15, 0.2) is 53.7 Å². The van der Waals surface area contributed by atoms with Crippen molar-refractivity contribution in [1.29, 1.82) is 0 Å². The smallest absolute Gasteiger partial charge is 0.268 e. The van der Waals surface area contributed by atoms with Crippen LogP contribution in [0.5, 0.6) is 0 Å². The van der Waals surface area contributed by atoms with Crippen molar-refractivity contribution in [3.05, 3.63) is 65.5 Å². The van der Waals surface area contributed by atoms with Crippen LogP contribution in [0, 0.1) is 5.82 Å². The van der Waals surface area contributed by atoms with E-state index in [2.05, 4.69) is 15.8 Å². The number of benzene rings is 2. The van der Waals surface area contributed by atoms with Crippen molar-refractivity contribution >= 4 is 23.2 Å². The second-order valence-electron chi connectivity index (χ2n) is 7.62. The van der Waals surface area contributed by atoms with Crippen molar-refractivity contribution in [2.24, 2.45) is 5.16 Å². The molecule has 2 aromatic carbocycles. The standard InChI is InChI=1S/C21H22FN3O3/c1-21(2,3)24-19(26)13-7-9-16(10-8-13)23-20(27)18-12-17(25-28-18)14-5-4-6-15(22)11-14/h4-11,18H,12H2,1-3H3,(H,23,27)(H,24,26). The number of hydrogen-bond donors (Lipinski definition) is 2. The number of carbonyl (C=O) groups excluding carboxylic acids is 2. The van der Waals surface area contributed by atoms with Gasteiger partial charge in [-0.3, -0.25) is 9.59 Å². The number of hydrogen-bond acceptors (Lipinski definition) is 4. The first kappa shape index (κ1) is 19.5. The molecule has 1 unspecified atom stereocenters. The number of rotatable bonds is 4. The van der Waals surface area contributed by atoms with E-state index in [-0.39, 0.29) is 29.6 Å². The minimum Gasteiger partial charge on any atom is -0.382 e. The first-order valence-electron chi connectivity index (χ1n) is 8.93. The Morgan fingerprint density at radius 3 is 2.50 bits per heavy atom. The van der Waals surface area contributed by atoms with Crippen LogP contribution in [0.4, 0.5) is 10.1 Å². The zero-order valence-corrected chi connectivity index (χ0v) is 16.0. The predicted molar refractivity (Wildman–Crippen MR) is 105 cm³/mol. The number of nitrogens with zero attached hydrogens (tertiary/aromatic N) is 1. The molecule has 0 fully saturated rings.